The van der Waals surface area contributed by atoms with Crippen molar-refractivity contribution in [3.8, 4) is 5.75 Å². The summed E-state index contributed by atoms with van der Waals surface area (Å²) in [5.41, 5.74) is 5.87. The number of ether oxygens (including phenoxy) is 1. The predicted molar refractivity (Wildman–Crippen MR) is 73.6 cm³/mol. The highest BCUT2D eigenvalue weighted by Crippen LogP contribution is 2.29. The molecule has 0 aliphatic carbocycles. The molecule has 0 spiro atoms. The van der Waals surface area contributed by atoms with E-state index in [9.17, 15) is 8.42 Å². The lowest BCUT2D eigenvalue weighted by Crippen LogP contribution is -2.46. The lowest BCUT2D eigenvalue weighted by atomic mass is 10.1. The lowest BCUT2D eigenvalue weighted by Gasteiger charge is -2.24. The molecule has 0 aliphatic rings. The Bertz CT molecular complexity index is 567. The average molecular weight is 288 g/mol. The number of rotatable bonds is 5. The van der Waals surface area contributed by atoms with Crippen LogP contribution >= 0.6 is 0 Å². The molecule has 0 amide bonds. The number of nitrogen functional groups attached to an aromatic ring is 1. The number of hydrogen-bond acceptors (Lipinski definition) is 5. The Balaban J connectivity index is 3.32. The quantitative estimate of drug-likeness (QED) is 0.690. The number of hydrogen-bond donors (Lipinski definition) is 3. The summed E-state index contributed by atoms with van der Waals surface area (Å²) in [6.07, 6.45) is 0. The van der Waals surface area contributed by atoms with Gasteiger partial charge in [-0.25, -0.2) is 13.1 Å². The summed E-state index contributed by atoms with van der Waals surface area (Å²) in [5, 5.41) is 9.15. The van der Waals surface area contributed by atoms with E-state index in [1.807, 2.05) is 0 Å². The Morgan fingerprint density at radius 2 is 2.00 bits per heavy atom. The van der Waals surface area contributed by atoms with Crippen LogP contribution in [0.4, 0.5) is 5.69 Å². The largest absolute Gasteiger partial charge is 0.495 e. The minimum Gasteiger partial charge on any atom is -0.495 e. The highest BCUT2D eigenvalue weighted by molar-refractivity contribution is 7.89. The van der Waals surface area contributed by atoms with Crippen molar-refractivity contribution < 1.29 is 18.3 Å². The molecule has 0 aliphatic heterocycles. The molecular formula is C12H20N2O4S. The van der Waals surface area contributed by atoms with Crippen molar-refractivity contribution in [2.45, 2.75) is 31.2 Å². The number of sulfonamides is 1. The van der Waals surface area contributed by atoms with E-state index in [0.717, 1.165) is 5.56 Å². The molecule has 108 valence electrons. The normalized spacial score (nSPS) is 12.5. The van der Waals surface area contributed by atoms with Gasteiger partial charge in [0.2, 0.25) is 10.0 Å². The van der Waals surface area contributed by atoms with Crippen molar-refractivity contribution in [2.24, 2.45) is 0 Å². The van der Waals surface area contributed by atoms with E-state index in [2.05, 4.69) is 4.72 Å². The van der Waals surface area contributed by atoms with Crippen LogP contribution in [0.2, 0.25) is 0 Å². The molecule has 6 nitrogen and oxygen atoms in total. The number of aryl methyl sites for hydroxylation is 1. The Labute approximate surface area is 113 Å². The first-order valence-corrected chi connectivity index (χ1v) is 7.20. The number of benzene rings is 1. The van der Waals surface area contributed by atoms with Crippen LogP contribution in [-0.2, 0) is 10.0 Å². The Hall–Kier alpha value is -1.31. The summed E-state index contributed by atoms with van der Waals surface area (Å²) in [5.74, 6) is 0.216. The molecule has 1 aromatic carbocycles. The van der Waals surface area contributed by atoms with Crippen LogP contribution < -0.4 is 15.2 Å². The molecule has 1 aromatic rings. The third kappa shape index (κ3) is 3.59. The van der Waals surface area contributed by atoms with Crippen molar-refractivity contribution in [1.29, 1.82) is 0 Å². The first kappa shape index (κ1) is 15.7. The van der Waals surface area contributed by atoms with Crippen LogP contribution in [0.15, 0.2) is 17.0 Å². The van der Waals surface area contributed by atoms with Gasteiger partial charge in [-0.05, 0) is 38.5 Å². The van der Waals surface area contributed by atoms with Gasteiger partial charge in [0, 0.05) is 5.69 Å². The second kappa shape index (κ2) is 5.36. The minimum absolute atomic E-state index is 0.0420. The van der Waals surface area contributed by atoms with E-state index < -0.39 is 15.6 Å². The van der Waals surface area contributed by atoms with Crippen molar-refractivity contribution in [2.75, 3.05) is 19.5 Å². The topological polar surface area (TPSA) is 102 Å². The lowest BCUT2D eigenvalue weighted by molar-refractivity contribution is 0.208. The zero-order valence-electron chi connectivity index (χ0n) is 11.5. The molecule has 19 heavy (non-hydrogen) atoms. The Morgan fingerprint density at radius 1 is 1.42 bits per heavy atom. The van der Waals surface area contributed by atoms with Crippen molar-refractivity contribution >= 4 is 15.7 Å². The van der Waals surface area contributed by atoms with Crippen LogP contribution in [0.5, 0.6) is 5.75 Å². The molecule has 1 rings (SSSR count). The molecule has 0 fully saturated rings. The van der Waals surface area contributed by atoms with Crippen LogP contribution in [0.25, 0.3) is 0 Å². The van der Waals surface area contributed by atoms with Gasteiger partial charge >= 0.3 is 0 Å². The predicted octanol–water partition coefficient (Wildman–Crippen LogP) is 0.635. The zero-order chi connectivity index (χ0) is 14.8. The fourth-order valence-corrected chi connectivity index (χ4v) is 3.09. The van der Waals surface area contributed by atoms with Crippen molar-refractivity contribution in [3.05, 3.63) is 17.7 Å². The van der Waals surface area contributed by atoms with Gasteiger partial charge in [-0.3, -0.25) is 0 Å². The van der Waals surface area contributed by atoms with Gasteiger partial charge in [0.15, 0.2) is 0 Å². The van der Waals surface area contributed by atoms with E-state index in [4.69, 9.17) is 15.6 Å². The van der Waals surface area contributed by atoms with Gasteiger partial charge in [0.05, 0.1) is 19.3 Å². The molecular weight excluding hydrogens is 268 g/mol. The van der Waals surface area contributed by atoms with Gasteiger partial charge < -0.3 is 15.6 Å². The SMILES string of the molecule is COc1cc(C)c(N)cc1S(=O)(=O)NC(C)(C)CO. The second-order valence-corrected chi connectivity index (χ2v) is 6.66. The highest BCUT2D eigenvalue weighted by Gasteiger charge is 2.28. The van der Waals surface area contributed by atoms with Gasteiger partial charge in [-0.1, -0.05) is 0 Å². The van der Waals surface area contributed by atoms with Gasteiger partial charge in [0.25, 0.3) is 0 Å². The number of nitrogens with one attached hydrogen (secondary N) is 1. The maximum Gasteiger partial charge on any atom is 0.244 e. The third-order valence-electron chi connectivity index (χ3n) is 2.65. The van der Waals surface area contributed by atoms with Crippen LogP contribution in [0.1, 0.15) is 19.4 Å². The summed E-state index contributed by atoms with van der Waals surface area (Å²) in [7, 11) is -2.44. The number of anilines is 1. The molecule has 0 atom stereocenters. The van der Waals surface area contributed by atoms with E-state index in [1.54, 1.807) is 26.8 Å². The van der Waals surface area contributed by atoms with Gasteiger partial charge in [0.1, 0.15) is 10.6 Å². The number of aliphatic hydroxyl groups excluding tert-OH is 1. The maximum absolute atomic E-state index is 12.3. The van der Waals surface area contributed by atoms with Crippen molar-refractivity contribution in [3.63, 3.8) is 0 Å². The molecule has 7 heteroatoms. The molecule has 0 radical (unpaired) electrons. The van der Waals surface area contributed by atoms with Gasteiger partial charge in [-0.2, -0.15) is 0 Å². The highest BCUT2D eigenvalue weighted by atomic mass is 32.2. The number of aliphatic hydroxyl groups is 1. The summed E-state index contributed by atoms with van der Waals surface area (Å²) >= 11 is 0. The fraction of sp³-hybridized carbons (Fsp3) is 0.500. The van der Waals surface area contributed by atoms with Gasteiger partial charge in [-0.15, -0.1) is 0 Å². The minimum atomic E-state index is -3.83. The monoisotopic (exact) mass is 288 g/mol. The van der Waals surface area contributed by atoms with Crippen LogP contribution in [0.3, 0.4) is 0 Å². The molecule has 0 heterocycles. The average Bonchev–Trinajstić information content (AvgIpc) is 2.30. The maximum atomic E-state index is 12.3. The Kier molecular flexibility index (Phi) is 4.44. The van der Waals surface area contributed by atoms with Crippen LogP contribution in [-0.4, -0.2) is 32.8 Å². The zero-order valence-corrected chi connectivity index (χ0v) is 12.3. The second-order valence-electron chi connectivity index (χ2n) is 5.01. The van der Waals surface area contributed by atoms with E-state index in [1.165, 1.54) is 13.2 Å². The molecule has 0 unspecified atom stereocenters. The van der Waals surface area contributed by atoms with Crippen molar-refractivity contribution in [1.82, 2.24) is 4.72 Å². The van der Waals surface area contributed by atoms with Crippen LogP contribution in [0, 0.1) is 6.92 Å². The first-order valence-electron chi connectivity index (χ1n) is 5.72. The smallest absolute Gasteiger partial charge is 0.244 e. The standard InChI is InChI=1S/C12H20N2O4S/c1-8-5-10(18-4)11(6-9(8)13)19(16,17)14-12(2,3)7-15/h5-6,14-15H,7,13H2,1-4H3. The first-order chi connectivity index (χ1) is 8.63. The molecule has 0 aromatic heterocycles. The molecule has 0 bridgehead atoms. The van der Waals surface area contributed by atoms with E-state index in [0.29, 0.717) is 5.69 Å². The van der Waals surface area contributed by atoms with E-state index >= 15 is 0 Å². The van der Waals surface area contributed by atoms with E-state index in [-0.39, 0.29) is 17.3 Å². The number of methoxy groups -OCH3 is 1. The summed E-state index contributed by atoms with van der Waals surface area (Å²) in [4.78, 5) is -0.0420. The Morgan fingerprint density at radius 3 is 2.47 bits per heavy atom. The third-order valence-corrected chi connectivity index (χ3v) is 4.37. The molecule has 4 N–H and O–H groups in total. The molecule has 0 saturated heterocycles. The number of nitrogens with two attached hydrogens (primary N) is 1. The fourth-order valence-electron chi connectivity index (χ4n) is 1.50. The summed E-state index contributed by atoms with van der Waals surface area (Å²) < 4.78 is 32.1. The molecule has 0 saturated carbocycles. The summed E-state index contributed by atoms with van der Waals surface area (Å²) in [6.45, 7) is 4.60. The summed E-state index contributed by atoms with van der Waals surface area (Å²) in [6, 6.07) is 2.92.